The van der Waals surface area contributed by atoms with Crippen LogP contribution in [-0.2, 0) is 27.9 Å². The zero-order chi connectivity index (χ0) is 41.8. The number of nitrogens with one attached hydrogen (secondary N) is 1. The van der Waals surface area contributed by atoms with Gasteiger partial charge in [-0.05, 0) is 38.5 Å². The molecule has 0 rings (SSSR count). The Bertz CT molecular complexity index is 948. The highest BCUT2D eigenvalue weighted by atomic mass is 31.2. The minimum atomic E-state index is -4.41. The fraction of sp³-hybridized carbons (Fsp3) is 0.915. The van der Waals surface area contributed by atoms with Crippen molar-refractivity contribution in [1.29, 1.82) is 0 Å². The molecule has 9 nitrogen and oxygen atoms in total. The molecular weight excluding hydrogens is 737 g/mol. The van der Waals surface area contributed by atoms with Crippen LogP contribution in [0.3, 0.4) is 0 Å². The van der Waals surface area contributed by atoms with Crippen LogP contribution >= 0.6 is 7.82 Å². The van der Waals surface area contributed by atoms with Crippen LogP contribution in [0.1, 0.15) is 245 Å². The number of allylic oxidation sites excluding steroid dienone is 2. The first-order chi connectivity index (χ1) is 27.8. The van der Waals surface area contributed by atoms with E-state index in [0.717, 1.165) is 38.5 Å². The number of unbranched alkanes of at least 4 members (excludes halogenated alkanes) is 31. The van der Waals surface area contributed by atoms with Crippen molar-refractivity contribution in [3.05, 3.63) is 12.2 Å². The molecular formula is C47H92NO8P. The van der Waals surface area contributed by atoms with Crippen molar-refractivity contribution in [1.82, 2.24) is 5.32 Å². The largest absolute Gasteiger partial charge is 0.472 e. The molecule has 0 aromatic carbocycles. The number of carbonyl (C=O) groups excluding carboxylic acids is 2. The van der Waals surface area contributed by atoms with E-state index in [4.69, 9.17) is 13.8 Å². The highest BCUT2D eigenvalue weighted by Crippen LogP contribution is 2.42. The zero-order valence-corrected chi connectivity index (χ0v) is 38.2. The third-order valence-corrected chi connectivity index (χ3v) is 11.7. The summed E-state index contributed by atoms with van der Waals surface area (Å²) in [6.07, 6.45) is 47.1. The summed E-state index contributed by atoms with van der Waals surface area (Å²) in [6, 6.07) is 0. The monoisotopic (exact) mass is 830 g/mol. The first-order valence-electron chi connectivity index (χ1n) is 24.2. The third kappa shape index (κ3) is 45.7. The lowest BCUT2D eigenvalue weighted by atomic mass is 10.0. The Morgan fingerprint density at radius 1 is 0.526 bits per heavy atom. The minimum Gasteiger partial charge on any atom is -0.463 e. The first-order valence-corrected chi connectivity index (χ1v) is 25.7. The quantitative estimate of drug-likeness (QED) is 0.0239. The molecule has 0 heterocycles. The molecule has 0 spiro atoms. The van der Waals surface area contributed by atoms with Gasteiger partial charge in [0.25, 0.3) is 0 Å². The Kier molecular flexibility index (Phi) is 43.3. The van der Waals surface area contributed by atoms with Gasteiger partial charge in [0, 0.05) is 19.4 Å². The number of carbonyl (C=O) groups is 2. The second-order valence-corrected chi connectivity index (χ2v) is 17.9. The summed E-state index contributed by atoms with van der Waals surface area (Å²) < 4.78 is 26.9. The average molecular weight is 830 g/mol. The fourth-order valence-corrected chi connectivity index (χ4v) is 7.78. The van der Waals surface area contributed by atoms with E-state index in [1.165, 1.54) is 180 Å². The second-order valence-electron chi connectivity index (χ2n) is 16.4. The Labute approximate surface area is 351 Å². The maximum absolute atomic E-state index is 12.1. The minimum absolute atomic E-state index is 0.0863. The number of rotatable bonds is 46. The van der Waals surface area contributed by atoms with Crippen LogP contribution in [0.15, 0.2) is 12.2 Å². The van der Waals surface area contributed by atoms with Gasteiger partial charge in [-0.15, -0.1) is 0 Å². The van der Waals surface area contributed by atoms with Gasteiger partial charge < -0.3 is 20.1 Å². The van der Waals surface area contributed by atoms with E-state index in [-0.39, 0.29) is 32.1 Å². The van der Waals surface area contributed by atoms with Gasteiger partial charge in [0.2, 0.25) is 5.91 Å². The predicted molar refractivity (Wildman–Crippen MR) is 238 cm³/mol. The lowest BCUT2D eigenvalue weighted by molar-refractivity contribution is -0.147. The third-order valence-electron chi connectivity index (χ3n) is 10.7. The standard InChI is InChI=1S/C47H92NO8P/c1-3-5-7-9-11-13-15-17-19-21-23-25-27-29-31-33-35-37-39-46(50)48-41-42-55-57(52,53)56-44-45(49)43-54-47(51)40-38-36-34-32-30-28-26-24-22-20-18-16-14-12-10-8-6-4-2/h20,22,45,49H,3-19,21,23-44H2,1-2H3,(H,48,50)(H,52,53)/b22-20-. The van der Waals surface area contributed by atoms with Crippen LogP contribution < -0.4 is 5.32 Å². The zero-order valence-electron chi connectivity index (χ0n) is 37.3. The predicted octanol–water partition coefficient (Wildman–Crippen LogP) is 13.8. The molecule has 0 saturated carbocycles. The van der Waals surface area contributed by atoms with E-state index in [1.54, 1.807) is 0 Å². The normalized spacial score (nSPS) is 13.3. The Morgan fingerprint density at radius 2 is 0.895 bits per heavy atom. The molecule has 2 atom stereocenters. The SMILES string of the molecule is CCCCCCCCC/C=C\CCCCCCCCCC(=O)OCC(O)COP(=O)(O)OCCNC(=O)CCCCCCCCCCCCCCCCCCCC. The topological polar surface area (TPSA) is 131 Å². The van der Waals surface area contributed by atoms with Crippen LogP contribution in [0.25, 0.3) is 0 Å². The number of phosphoric acid groups is 1. The van der Waals surface area contributed by atoms with E-state index in [1.807, 2.05) is 0 Å². The molecule has 338 valence electrons. The Balaban J connectivity index is 3.54. The molecule has 1 amide bonds. The molecule has 0 bridgehead atoms. The lowest BCUT2D eigenvalue weighted by Crippen LogP contribution is -2.27. The van der Waals surface area contributed by atoms with Crippen LogP contribution in [-0.4, -0.2) is 54.3 Å². The van der Waals surface area contributed by atoms with Crippen molar-refractivity contribution in [3.8, 4) is 0 Å². The molecule has 3 N–H and O–H groups in total. The van der Waals surface area contributed by atoms with Gasteiger partial charge in [-0.25, -0.2) is 4.57 Å². The van der Waals surface area contributed by atoms with Crippen LogP contribution in [0.5, 0.6) is 0 Å². The van der Waals surface area contributed by atoms with E-state index in [9.17, 15) is 24.2 Å². The number of amides is 1. The fourth-order valence-electron chi connectivity index (χ4n) is 7.02. The smallest absolute Gasteiger partial charge is 0.463 e. The molecule has 10 heteroatoms. The maximum atomic E-state index is 12.1. The van der Waals surface area contributed by atoms with Gasteiger partial charge in [0.1, 0.15) is 12.7 Å². The van der Waals surface area contributed by atoms with Crippen molar-refractivity contribution >= 4 is 19.7 Å². The molecule has 0 aliphatic carbocycles. The first kappa shape index (κ1) is 55.8. The second kappa shape index (κ2) is 44.3. The molecule has 0 aliphatic heterocycles. The van der Waals surface area contributed by atoms with E-state index < -0.39 is 26.5 Å². The number of aliphatic hydroxyl groups is 1. The number of esters is 1. The molecule has 57 heavy (non-hydrogen) atoms. The molecule has 2 unspecified atom stereocenters. The van der Waals surface area contributed by atoms with Gasteiger partial charge >= 0.3 is 13.8 Å². The van der Waals surface area contributed by atoms with Crippen molar-refractivity contribution < 1.29 is 37.9 Å². The molecule has 0 aliphatic rings. The van der Waals surface area contributed by atoms with Gasteiger partial charge in [-0.3, -0.25) is 18.6 Å². The van der Waals surface area contributed by atoms with Crippen molar-refractivity contribution in [2.75, 3.05) is 26.4 Å². The van der Waals surface area contributed by atoms with Gasteiger partial charge in [-0.2, -0.15) is 0 Å². The van der Waals surface area contributed by atoms with E-state index in [2.05, 4.69) is 31.3 Å². The lowest BCUT2D eigenvalue weighted by Gasteiger charge is -2.15. The summed E-state index contributed by atoms with van der Waals surface area (Å²) in [6.45, 7) is 3.59. The summed E-state index contributed by atoms with van der Waals surface area (Å²) in [5.74, 6) is -0.509. The number of ether oxygens (including phenoxy) is 1. The number of aliphatic hydroxyl groups excluding tert-OH is 1. The summed E-state index contributed by atoms with van der Waals surface area (Å²) in [5.41, 5.74) is 0. The number of hydrogen-bond donors (Lipinski definition) is 3. The van der Waals surface area contributed by atoms with Crippen LogP contribution in [0.2, 0.25) is 0 Å². The highest BCUT2D eigenvalue weighted by molar-refractivity contribution is 7.47. The number of hydrogen-bond acceptors (Lipinski definition) is 7. The Hall–Kier alpha value is -1.25. The van der Waals surface area contributed by atoms with Crippen molar-refractivity contribution in [2.24, 2.45) is 0 Å². The summed E-state index contributed by atoms with van der Waals surface area (Å²) in [5, 5.41) is 12.7. The summed E-state index contributed by atoms with van der Waals surface area (Å²) >= 11 is 0. The summed E-state index contributed by atoms with van der Waals surface area (Å²) in [7, 11) is -4.41. The summed E-state index contributed by atoms with van der Waals surface area (Å²) in [4.78, 5) is 34.0. The van der Waals surface area contributed by atoms with Gasteiger partial charge in [-0.1, -0.05) is 206 Å². The highest BCUT2D eigenvalue weighted by Gasteiger charge is 2.23. The van der Waals surface area contributed by atoms with Crippen LogP contribution in [0.4, 0.5) is 0 Å². The molecule has 0 saturated heterocycles. The van der Waals surface area contributed by atoms with Crippen molar-refractivity contribution in [3.63, 3.8) is 0 Å². The Morgan fingerprint density at radius 3 is 1.32 bits per heavy atom. The molecule has 0 radical (unpaired) electrons. The molecule has 0 aromatic rings. The van der Waals surface area contributed by atoms with Crippen LogP contribution in [0, 0.1) is 0 Å². The van der Waals surface area contributed by atoms with E-state index >= 15 is 0 Å². The van der Waals surface area contributed by atoms with Crippen molar-refractivity contribution in [2.45, 2.75) is 251 Å². The molecule has 0 aromatic heterocycles. The van der Waals surface area contributed by atoms with E-state index in [0.29, 0.717) is 6.42 Å². The van der Waals surface area contributed by atoms with Gasteiger partial charge in [0.05, 0.1) is 13.2 Å². The van der Waals surface area contributed by atoms with Gasteiger partial charge in [0.15, 0.2) is 0 Å². The maximum Gasteiger partial charge on any atom is 0.472 e. The average Bonchev–Trinajstić information content (AvgIpc) is 3.20. The molecule has 0 fully saturated rings. The number of phosphoric ester groups is 1.